The van der Waals surface area contributed by atoms with Crippen LogP contribution in [0, 0.1) is 13.8 Å². The van der Waals surface area contributed by atoms with Crippen LogP contribution in [-0.4, -0.2) is 61.9 Å². The molecule has 2 N–H and O–H groups in total. The summed E-state index contributed by atoms with van der Waals surface area (Å²) in [5.41, 5.74) is 6.45. The van der Waals surface area contributed by atoms with Crippen molar-refractivity contribution in [2.24, 2.45) is 0 Å². The van der Waals surface area contributed by atoms with Gasteiger partial charge in [0.1, 0.15) is 12.1 Å². The first-order chi connectivity index (χ1) is 21.0. The van der Waals surface area contributed by atoms with Crippen LogP contribution in [0.25, 0.3) is 21.1 Å². The Bertz CT molecular complexity index is 1950. The van der Waals surface area contributed by atoms with Crippen molar-refractivity contribution in [3.8, 4) is 0 Å². The van der Waals surface area contributed by atoms with E-state index < -0.39 is 0 Å². The van der Waals surface area contributed by atoms with E-state index in [1.165, 1.54) is 17.7 Å². The molecule has 0 aliphatic carbocycles. The van der Waals surface area contributed by atoms with E-state index in [0.717, 1.165) is 64.7 Å². The summed E-state index contributed by atoms with van der Waals surface area (Å²) in [7, 11) is 0. The predicted molar refractivity (Wildman–Crippen MR) is 168 cm³/mol. The highest BCUT2D eigenvalue weighted by Gasteiger charge is 2.20. The molecule has 43 heavy (non-hydrogen) atoms. The fraction of sp³-hybridized carbons (Fsp3) is 0.226. The zero-order valence-corrected chi connectivity index (χ0v) is 24.6. The number of ether oxygens (including phenoxy) is 1. The standard InChI is InChI=1S/C31H29N9O2S/c1-19-5-3-6-21(35-19)16-40-25-8-4-7-24(27(25)20(2)38-40)36-31(41)23-17-43-29-28(23)33-18-34-30(29)37-26-10-9-22(15-32-26)39-11-13-42-14-12-39/h3-10,15,17-18H,11-14,16H2,1-2H3,(H,36,41)(H,32,33,34,37). The van der Waals surface area contributed by atoms with Gasteiger partial charge in [0, 0.05) is 29.5 Å². The highest BCUT2D eigenvalue weighted by Crippen LogP contribution is 2.33. The Morgan fingerprint density at radius 3 is 2.70 bits per heavy atom. The second-order valence-corrected chi connectivity index (χ2v) is 11.2. The predicted octanol–water partition coefficient (Wildman–Crippen LogP) is 5.33. The summed E-state index contributed by atoms with van der Waals surface area (Å²) in [6.45, 7) is 7.60. The van der Waals surface area contributed by atoms with Crippen molar-refractivity contribution in [1.82, 2.24) is 29.7 Å². The largest absolute Gasteiger partial charge is 0.378 e. The lowest BCUT2D eigenvalue weighted by Crippen LogP contribution is -2.36. The van der Waals surface area contributed by atoms with E-state index in [1.807, 2.05) is 78.6 Å². The molecule has 1 amide bonds. The number of amides is 1. The Morgan fingerprint density at radius 2 is 1.88 bits per heavy atom. The molecule has 0 unspecified atom stereocenters. The average Bonchev–Trinajstić information content (AvgIpc) is 3.60. The maximum atomic E-state index is 13.6. The van der Waals surface area contributed by atoms with E-state index in [0.29, 0.717) is 34.9 Å². The highest BCUT2D eigenvalue weighted by molar-refractivity contribution is 7.18. The molecular weight excluding hydrogens is 562 g/mol. The molecule has 0 spiro atoms. The molecule has 7 rings (SSSR count). The first-order valence-corrected chi connectivity index (χ1v) is 14.9. The van der Waals surface area contributed by atoms with Gasteiger partial charge in [-0.05, 0) is 50.2 Å². The molecule has 0 atom stereocenters. The minimum atomic E-state index is -0.246. The molecule has 216 valence electrons. The summed E-state index contributed by atoms with van der Waals surface area (Å²) >= 11 is 1.42. The van der Waals surface area contributed by atoms with Gasteiger partial charge in [0.25, 0.3) is 5.91 Å². The average molecular weight is 592 g/mol. The number of hydrogen-bond donors (Lipinski definition) is 2. The number of anilines is 4. The fourth-order valence-corrected chi connectivity index (χ4v) is 6.31. The van der Waals surface area contributed by atoms with Gasteiger partial charge in [-0.3, -0.25) is 14.5 Å². The second-order valence-electron chi connectivity index (χ2n) is 10.3. The third-order valence-electron chi connectivity index (χ3n) is 7.43. The van der Waals surface area contributed by atoms with Gasteiger partial charge in [0.05, 0.1) is 70.0 Å². The molecule has 0 bridgehead atoms. The van der Waals surface area contributed by atoms with Crippen molar-refractivity contribution in [2.45, 2.75) is 20.4 Å². The number of nitrogens with one attached hydrogen (secondary N) is 2. The highest BCUT2D eigenvalue weighted by atomic mass is 32.1. The second kappa shape index (κ2) is 11.4. The summed E-state index contributed by atoms with van der Waals surface area (Å²) in [6.07, 6.45) is 3.31. The number of rotatable bonds is 7. The molecule has 1 saturated heterocycles. The van der Waals surface area contributed by atoms with E-state index >= 15 is 0 Å². The summed E-state index contributed by atoms with van der Waals surface area (Å²) < 4.78 is 8.15. The quantitative estimate of drug-likeness (QED) is 0.254. The molecule has 1 fully saturated rings. The zero-order chi connectivity index (χ0) is 29.3. The van der Waals surface area contributed by atoms with Crippen molar-refractivity contribution in [3.05, 3.63) is 89.1 Å². The van der Waals surface area contributed by atoms with Crippen LogP contribution in [0.2, 0.25) is 0 Å². The minimum Gasteiger partial charge on any atom is -0.378 e. The molecule has 5 aromatic heterocycles. The van der Waals surface area contributed by atoms with Gasteiger partial charge in [-0.1, -0.05) is 12.1 Å². The molecule has 12 heteroatoms. The first kappa shape index (κ1) is 26.9. The van der Waals surface area contributed by atoms with Crippen LogP contribution in [0.4, 0.5) is 23.0 Å². The zero-order valence-electron chi connectivity index (χ0n) is 23.7. The maximum Gasteiger partial charge on any atom is 0.258 e. The van der Waals surface area contributed by atoms with Gasteiger partial charge in [0.15, 0.2) is 5.82 Å². The van der Waals surface area contributed by atoms with E-state index in [1.54, 1.807) is 0 Å². The van der Waals surface area contributed by atoms with Gasteiger partial charge >= 0.3 is 0 Å². The number of nitrogens with zero attached hydrogens (tertiary/aromatic N) is 7. The van der Waals surface area contributed by atoms with Crippen LogP contribution in [0.1, 0.15) is 27.4 Å². The number of hydrogen-bond acceptors (Lipinski definition) is 10. The molecule has 11 nitrogen and oxygen atoms in total. The number of morpholine rings is 1. The lowest BCUT2D eigenvalue weighted by atomic mass is 10.1. The van der Waals surface area contributed by atoms with Crippen LogP contribution < -0.4 is 15.5 Å². The molecule has 1 aliphatic heterocycles. The lowest BCUT2D eigenvalue weighted by molar-refractivity contribution is 0.102. The van der Waals surface area contributed by atoms with E-state index in [4.69, 9.17) is 9.84 Å². The van der Waals surface area contributed by atoms with Gasteiger partial charge in [-0.25, -0.2) is 15.0 Å². The van der Waals surface area contributed by atoms with Crippen LogP contribution in [0.3, 0.4) is 0 Å². The fourth-order valence-electron chi connectivity index (χ4n) is 5.37. The Morgan fingerprint density at radius 1 is 1.02 bits per heavy atom. The number of aryl methyl sites for hydroxylation is 2. The van der Waals surface area contributed by atoms with Crippen molar-refractivity contribution in [1.29, 1.82) is 0 Å². The number of pyridine rings is 2. The van der Waals surface area contributed by atoms with Crippen molar-refractivity contribution in [2.75, 3.05) is 41.8 Å². The Kier molecular flexibility index (Phi) is 7.13. The Labute approximate surface area is 251 Å². The monoisotopic (exact) mass is 591 g/mol. The number of thiophene rings is 1. The van der Waals surface area contributed by atoms with Crippen molar-refractivity contribution in [3.63, 3.8) is 0 Å². The number of aromatic nitrogens is 6. The topological polar surface area (TPSA) is 123 Å². The Hall–Kier alpha value is -4.94. The SMILES string of the molecule is Cc1cccc(Cn2nc(C)c3c(NC(=O)c4csc5c(Nc6ccc(N7CCOCC7)cn6)ncnc45)cccc32)n1. The van der Waals surface area contributed by atoms with Gasteiger partial charge < -0.3 is 20.3 Å². The van der Waals surface area contributed by atoms with Crippen LogP contribution in [0.5, 0.6) is 0 Å². The van der Waals surface area contributed by atoms with Crippen LogP contribution in [-0.2, 0) is 11.3 Å². The third-order valence-corrected chi connectivity index (χ3v) is 8.40. The molecule has 0 radical (unpaired) electrons. The van der Waals surface area contributed by atoms with Crippen molar-refractivity contribution < 1.29 is 9.53 Å². The van der Waals surface area contributed by atoms with E-state index in [2.05, 4.69) is 35.5 Å². The summed E-state index contributed by atoms with van der Waals surface area (Å²) in [4.78, 5) is 33.9. The van der Waals surface area contributed by atoms with E-state index in [-0.39, 0.29) is 5.91 Å². The van der Waals surface area contributed by atoms with E-state index in [9.17, 15) is 4.79 Å². The minimum absolute atomic E-state index is 0.246. The molecule has 1 aliphatic rings. The summed E-state index contributed by atoms with van der Waals surface area (Å²) in [6, 6.07) is 15.8. The molecule has 0 saturated carbocycles. The van der Waals surface area contributed by atoms with Gasteiger partial charge in [-0.15, -0.1) is 11.3 Å². The summed E-state index contributed by atoms with van der Waals surface area (Å²) in [5, 5.41) is 13.9. The molecular formula is C31H29N9O2S. The Balaban J connectivity index is 1.12. The third kappa shape index (κ3) is 5.38. The molecule has 1 aromatic carbocycles. The van der Waals surface area contributed by atoms with Crippen LogP contribution in [0.15, 0.2) is 66.4 Å². The molecule has 6 aromatic rings. The molecule has 6 heterocycles. The lowest BCUT2D eigenvalue weighted by Gasteiger charge is -2.28. The smallest absolute Gasteiger partial charge is 0.258 e. The van der Waals surface area contributed by atoms with Gasteiger partial charge in [-0.2, -0.15) is 5.10 Å². The van der Waals surface area contributed by atoms with Crippen LogP contribution >= 0.6 is 11.3 Å². The van der Waals surface area contributed by atoms with Gasteiger partial charge in [0.2, 0.25) is 0 Å². The number of benzene rings is 1. The summed E-state index contributed by atoms with van der Waals surface area (Å²) in [5.74, 6) is 1.02. The first-order valence-electron chi connectivity index (χ1n) is 14.0. The maximum absolute atomic E-state index is 13.6. The number of carbonyl (C=O) groups excluding carboxylic acids is 1. The normalized spacial score (nSPS) is 13.5. The van der Waals surface area contributed by atoms with Crippen molar-refractivity contribution >= 4 is 61.4 Å². The number of fused-ring (bicyclic) bond motifs is 2. The number of carbonyl (C=O) groups is 1.